The van der Waals surface area contributed by atoms with Crippen LogP contribution >= 0.6 is 23.2 Å². The molecule has 0 bridgehead atoms. The minimum Gasteiger partial charge on any atom is -0.493 e. The Morgan fingerprint density at radius 2 is 1.80 bits per heavy atom. The van der Waals surface area contributed by atoms with Gasteiger partial charge in [-0.25, -0.2) is 4.99 Å². The lowest BCUT2D eigenvalue weighted by Crippen LogP contribution is -2.21. The number of benzene rings is 3. The highest BCUT2D eigenvalue weighted by Crippen LogP contribution is 2.27. The van der Waals surface area contributed by atoms with Crippen molar-refractivity contribution in [3.05, 3.63) is 94.0 Å². The van der Waals surface area contributed by atoms with E-state index in [1.165, 1.54) is 0 Å². The maximum absolute atomic E-state index is 13.1. The van der Waals surface area contributed by atoms with Crippen LogP contribution < -0.4 is 15.6 Å². The highest BCUT2D eigenvalue weighted by atomic mass is 35.5. The van der Waals surface area contributed by atoms with Crippen molar-refractivity contribution in [2.45, 2.75) is 0 Å². The van der Waals surface area contributed by atoms with Gasteiger partial charge in [-0.3, -0.25) is 4.79 Å². The minimum absolute atomic E-state index is 0.154. The number of methoxy groups -OCH3 is 1. The number of amides is 1. The summed E-state index contributed by atoms with van der Waals surface area (Å²) in [7, 11) is 1.56. The van der Waals surface area contributed by atoms with Crippen molar-refractivity contribution in [1.82, 2.24) is 0 Å². The zero-order chi connectivity index (χ0) is 21.1. The summed E-state index contributed by atoms with van der Waals surface area (Å²) in [5.41, 5.74) is 1.98. The molecule has 0 spiro atoms. The summed E-state index contributed by atoms with van der Waals surface area (Å²) in [6.45, 7) is 0. The van der Waals surface area contributed by atoms with E-state index in [9.17, 15) is 4.79 Å². The van der Waals surface area contributed by atoms with Crippen LogP contribution in [0.4, 0.5) is 11.4 Å². The van der Waals surface area contributed by atoms with Crippen LogP contribution in [0, 0.1) is 0 Å². The molecule has 5 nitrogen and oxygen atoms in total. The van der Waals surface area contributed by atoms with E-state index in [2.05, 4.69) is 10.3 Å². The molecule has 7 heteroatoms. The molecule has 0 fully saturated rings. The van der Waals surface area contributed by atoms with Gasteiger partial charge in [0.2, 0.25) is 5.55 Å². The zero-order valence-corrected chi connectivity index (χ0v) is 17.4. The molecule has 0 saturated carbocycles. The number of hydrogen-bond donors (Lipinski definition) is 1. The van der Waals surface area contributed by atoms with Gasteiger partial charge in [-0.05, 0) is 42.5 Å². The first-order valence-electron chi connectivity index (χ1n) is 9.02. The molecule has 1 heterocycles. The second kappa shape index (κ2) is 8.61. The van der Waals surface area contributed by atoms with Crippen LogP contribution in [0.1, 0.15) is 10.4 Å². The fourth-order valence-corrected chi connectivity index (χ4v) is 3.39. The van der Waals surface area contributed by atoms with E-state index in [-0.39, 0.29) is 11.1 Å². The molecule has 1 aromatic heterocycles. The second-order valence-corrected chi connectivity index (χ2v) is 7.21. The molecular formula is C23H16Cl2N2O3. The topological polar surface area (TPSA) is 63.8 Å². The van der Waals surface area contributed by atoms with Crippen LogP contribution in [0.3, 0.4) is 0 Å². The van der Waals surface area contributed by atoms with Gasteiger partial charge in [-0.2, -0.15) is 0 Å². The quantitative estimate of drug-likeness (QED) is 0.410. The molecule has 150 valence electrons. The van der Waals surface area contributed by atoms with Gasteiger partial charge in [0.15, 0.2) is 11.3 Å². The molecule has 0 aliphatic heterocycles. The predicted molar refractivity (Wildman–Crippen MR) is 119 cm³/mol. The Hall–Kier alpha value is -3.28. The zero-order valence-electron chi connectivity index (χ0n) is 15.9. The molecule has 0 unspecified atom stereocenters. The number of rotatable bonds is 4. The summed E-state index contributed by atoms with van der Waals surface area (Å²) >= 11 is 12.1. The SMILES string of the molecule is COc1cccc2cc(C(=O)Nc3ccc(Cl)cc3Cl)c(=Nc3ccccc3)oc12. The van der Waals surface area contributed by atoms with Gasteiger partial charge < -0.3 is 14.5 Å². The Morgan fingerprint density at radius 1 is 1.00 bits per heavy atom. The molecule has 0 atom stereocenters. The Balaban J connectivity index is 1.87. The molecule has 4 rings (SSSR count). The lowest BCUT2D eigenvalue weighted by atomic mass is 10.1. The number of hydrogen-bond acceptors (Lipinski definition) is 4. The van der Waals surface area contributed by atoms with E-state index < -0.39 is 5.91 Å². The third kappa shape index (κ3) is 4.17. The second-order valence-electron chi connectivity index (χ2n) is 6.37. The van der Waals surface area contributed by atoms with Crippen molar-refractivity contribution >= 4 is 51.5 Å². The summed E-state index contributed by atoms with van der Waals surface area (Å²) in [6, 6.07) is 21.2. The van der Waals surface area contributed by atoms with E-state index >= 15 is 0 Å². The Labute approximate surface area is 182 Å². The van der Waals surface area contributed by atoms with Crippen LogP contribution in [0.2, 0.25) is 10.0 Å². The third-order valence-electron chi connectivity index (χ3n) is 4.37. The number of halogens is 2. The van der Waals surface area contributed by atoms with Crippen LogP contribution in [-0.2, 0) is 0 Å². The molecule has 1 N–H and O–H groups in total. The fourth-order valence-electron chi connectivity index (χ4n) is 2.93. The van der Waals surface area contributed by atoms with E-state index in [4.69, 9.17) is 32.4 Å². The first-order chi connectivity index (χ1) is 14.5. The molecule has 0 aliphatic rings. The maximum atomic E-state index is 13.1. The molecule has 1 amide bonds. The maximum Gasteiger partial charge on any atom is 0.261 e. The van der Waals surface area contributed by atoms with Gasteiger partial charge in [0.25, 0.3) is 5.91 Å². The third-order valence-corrected chi connectivity index (χ3v) is 4.92. The van der Waals surface area contributed by atoms with Crippen molar-refractivity contribution in [3.63, 3.8) is 0 Å². The van der Waals surface area contributed by atoms with Crippen molar-refractivity contribution in [3.8, 4) is 5.75 Å². The number of anilines is 1. The smallest absolute Gasteiger partial charge is 0.261 e. The molecule has 4 aromatic rings. The number of carbonyl (C=O) groups is 1. The number of ether oxygens (including phenoxy) is 1. The first-order valence-corrected chi connectivity index (χ1v) is 9.78. The van der Waals surface area contributed by atoms with Crippen molar-refractivity contribution in [2.75, 3.05) is 12.4 Å². The summed E-state index contributed by atoms with van der Waals surface area (Å²) in [5.74, 6) is 0.132. The number of para-hydroxylation sites is 2. The summed E-state index contributed by atoms with van der Waals surface area (Å²) in [5, 5.41) is 4.30. The van der Waals surface area contributed by atoms with Gasteiger partial charge in [0.1, 0.15) is 5.56 Å². The fraction of sp³-hybridized carbons (Fsp3) is 0.0435. The highest BCUT2D eigenvalue weighted by Gasteiger charge is 2.16. The van der Waals surface area contributed by atoms with Crippen LogP contribution in [0.15, 0.2) is 82.2 Å². The Morgan fingerprint density at radius 3 is 2.53 bits per heavy atom. The van der Waals surface area contributed by atoms with Crippen molar-refractivity contribution < 1.29 is 13.9 Å². The van der Waals surface area contributed by atoms with Crippen LogP contribution in [0.25, 0.3) is 11.0 Å². The van der Waals surface area contributed by atoms with Gasteiger partial charge in [0.05, 0.1) is 23.5 Å². The van der Waals surface area contributed by atoms with Gasteiger partial charge in [-0.15, -0.1) is 0 Å². The van der Waals surface area contributed by atoms with Gasteiger partial charge in [-0.1, -0.05) is 53.5 Å². The molecule has 0 radical (unpaired) electrons. The molecule has 0 aliphatic carbocycles. The first kappa shape index (κ1) is 20.0. The van der Waals surface area contributed by atoms with E-state index in [0.717, 1.165) is 0 Å². The normalized spacial score (nSPS) is 11.5. The number of carbonyl (C=O) groups excluding carboxylic acids is 1. The molecule has 3 aromatic carbocycles. The monoisotopic (exact) mass is 438 g/mol. The van der Waals surface area contributed by atoms with Crippen molar-refractivity contribution in [2.24, 2.45) is 4.99 Å². The lowest BCUT2D eigenvalue weighted by molar-refractivity contribution is 0.102. The molecular weight excluding hydrogens is 423 g/mol. The summed E-state index contributed by atoms with van der Waals surface area (Å²) < 4.78 is 11.4. The molecule has 0 saturated heterocycles. The van der Waals surface area contributed by atoms with Gasteiger partial charge >= 0.3 is 0 Å². The summed E-state index contributed by atoms with van der Waals surface area (Å²) in [6.07, 6.45) is 0. The highest BCUT2D eigenvalue weighted by molar-refractivity contribution is 6.36. The number of nitrogens with one attached hydrogen (secondary N) is 1. The standard InChI is InChI=1S/C23H16Cl2N2O3/c1-29-20-9-5-6-14-12-17(22(28)27-19-11-10-15(24)13-18(19)25)23(30-21(14)20)26-16-7-3-2-4-8-16/h2-13H,1H3,(H,27,28). The number of nitrogens with zero attached hydrogens (tertiary/aromatic N) is 1. The lowest BCUT2D eigenvalue weighted by Gasteiger charge is -2.10. The van der Waals surface area contributed by atoms with Crippen LogP contribution in [0.5, 0.6) is 5.75 Å². The van der Waals surface area contributed by atoms with E-state index in [0.29, 0.717) is 38.1 Å². The largest absolute Gasteiger partial charge is 0.493 e. The van der Waals surface area contributed by atoms with Crippen molar-refractivity contribution in [1.29, 1.82) is 0 Å². The summed E-state index contributed by atoms with van der Waals surface area (Å²) in [4.78, 5) is 17.6. The van der Waals surface area contributed by atoms with Gasteiger partial charge in [0, 0.05) is 10.4 Å². The van der Waals surface area contributed by atoms with E-state index in [1.54, 1.807) is 37.4 Å². The Bertz CT molecular complexity index is 1300. The van der Waals surface area contributed by atoms with Crippen LogP contribution in [-0.4, -0.2) is 13.0 Å². The minimum atomic E-state index is -0.414. The average Bonchev–Trinajstić information content (AvgIpc) is 2.75. The average molecular weight is 439 g/mol. The number of fused-ring (bicyclic) bond motifs is 1. The predicted octanol–water partition coefficient (Wildman–Crippen LogP) is 6.23. The molecule has 30 heavy (non-hydrogen) atoms. The Kier molecular flexibility index (Phi) is 5.74. The van der Waals surface area contributed by atoms with E-state index in [1.807, 2.05) is 42.5 Å².